The maximum absolute atomic E-state index is 5.77. The van der Waals surface area contributed by atoms with Gasteiger partial charge in [-0.2, -0.15) is 4.98 Å². The average Bonchev–Trinajstić information content (AvgIpc) is 2.27. The molecule has 0 amide bonds. The molecule has 2 aromatic rings. The quantitative estimate of drug-likeness (QED) is 0.831. The van der Waals surface area contributed by atoms with Gasteiger partial charge in [-0.05, 0) is 30.3 Å². The Bertz CT molecular complexity index is 500. The molecule has 0 aliphatic heterocycles. The van der Waals surface area contributed by atoms with E-state index >= 15 is 0 Å². The van der Waals surface area contributed by atoms with E-state index < -0.39 is 0 Å². The molecule has 1 aromatic carbocycles. The van der Waals surface area contributed by atoms with Gasteiger partial charge in [0.2, 0.25) is 5.88 Å². The van der Waals surface area contributed by atoms with Crippen molar-refractivity contribution in [2.45, 2.75) is 0 Å². The highest BCUT2D eigenvalue weighted by molar-refractivity contribution is 6.31. The second-order valence-corrected chi connectivity index (χ2v) is 3.88. The van der Waals surface area contributed by atoms with Crippen LogP contribution in [0.3, 0.4) is 0 Å². The molecule has 0 saturated heterocycles. The van der Waals surface area contributed by atoms with Crippen LogP contribution in [-0.2, 0) is 0 Å². The smallest absolute Gasteiger partial charge is 0.220 e. The van der Waals surface area contributed by atoms with Crippen molar-refractivity contribution in [3.63, 3.8) is 0 Å². The van der Waals surface area contributed by atoms with Gasteiger partial charge in [0.15, 0.2) is 5.15 Å². The molecule has 0 unspecified atom stereocenters. The van der Waals surface area contributed by atoms with Crippen molar-refractivity contribution in [3.05, 3.63) is 46.6 Å². The molecule has 0 saturated carbocycles. The average molecular weight is 255 g/mol. The molecule has 0 fully saturated rings. The summed E-state index contributed by atoms with van der Waals surface area (Å²) < 4.78 is 5.46. The zero-order chi connectivity index (χ0) is 11.5. The van der Waals surface area contributed by atoms with Crippen molar-refractivity contribution >= 4 is 28.9 Å². The first-order valence-corrected chi connectivity index (χ1v) is 5.26. The zero-order valence-corrected chi connectivity index (χ0v) is 9.66. The molecule has 0 bridgehead atoms. The number of hydrogen-bond donors (Lipinski definition) is 1. The van der Waals surface area contributed by atoms with Crippen LogP contribution in [0, 0.1) is 0 Å². The van der Waals surface area contributed by atoms with Gasteiger partial charge in [-0.1, -0.05) is 23.2 Å². The highest BCUT2D eigenvalue weighted by atomic mass is 35.5. The van der Waals surface area contributed by atoms with Crippen LogP contribution in [-0.4, -0.2) is 4.98 Å². The van der Waals surface area contributed by atoms with E-state index in [0.717, 1.165) is 0 Å². The van der Waals surface area contributed by atoms with Gasteiger partial charge in [-0.3, -0.25) is 0 Å². The van der Waals surface area contributed by atoms with Crippen LogP contribution in [0.2, 0.25) is 10.2 Å². The van der Waals surface area contributed by atoms with E-state index in [4.69, 9.17) is 33.7 Å². The van der Waals surface area contributed by atoms with Crippen molar-refractivity contribution in [1.29, 1.82) is 0 Å². The highest BCUT2D eigenvalue weighted by Gasteiger charge is 2.02. The largest absolute Gasteiger partial charge is 0.439 e. The van der Waals surface area contributed by atoms with Crippen molar-refractivity contribution < 1.29 is 4.74 Å². The first kappa shape index (κ1) is 11.0. The molecule has 0 spiro atoms. The Kier molecular flexibility index (Phi) is 3.17. The van der Waals surface area contributed by atoms with Gasteiger partial charge in [0.1, 0.15) is 5.75 Å². The first-order valence-electron chi connectivity index (χ1n) is 4.50. The summed E-state index contributed by atoms with van der Waals surface area (Å²) in [5.74, 6) is 1.03. The monoisotopic (exact) mass is 254 g/mol. The van der Waals surface area contributed by atoms with Crippen LogP contribution < -0.4 is 10.5 Å². The number of nitrogens with two attached hydrogens (primary N) is 1. The number of halogens is 2. The lowest BCUT2D eigenvalue weighted by Crippen LogP contribution is -1.92. The molecule has 0 aliphatic rings. The SMILES string of the molecule is Nc1ccc(Oc2ccc(Cl)cc2)nc1Cl. The minimum Gasteiger partial charge on any atom is -0.439 e. The second kappa shape index (κ2) is 4.60. The molecule has 2 rings (SSSR count). The number of nitrogen functional groups attached to an aromatic ring is 1. The van der Waals surface area contributed by atoms with Crippen LogP contribution in [0.15, 0.2) is 36.4 Å². The predicted molar refractivity (Wildman–Crippen MR) is 65.2 cm³/mol. The lowest BCUT2D eigenvalue weighted by molar-refractivity contribution is 0.463. The summed E-state index contributed by atoms with van der Waals surface area (Å²) in [7, 11) is 0. The van der Waals surface area contributed by atoms with Crippen molar-refractivity contribution in [1.82, 2.24) is 4.98 Å². The van der Waals surface area contributed by atoms with Crippen molar-refractivity contribution in [3.8, 4) is 11.6 Å². The summed E-state index contributed by atoms with van der Waals surface area (Å²) in [6.45, 7) is 0. The van der Waals surface area contributed by atoms with Crippen LogP contribution in [0.25, 0.3) is 0 Å². The van der Waals surface area contributed by atoms with Gasteiger partial charge in [0.05, 0.1) is 5.69 Å². The van der Waals surface area contributed by atoms with Crippen molar-refractivity contribution in [2.24, 2.45) is 0 Å². The number of nitrogens with zero attached hydrogens (tertiary/aromatic N) is 1. The Balaban J connectivity index is 2.20. The second-order valence-electron chi connectivity index (χ2n) is 3.09. The third-order valence-electron chi connectivity index (χ3n) is 1.89. The molecule has 0 aliphatic carbocycles. The molecule has 1 aromatic heterocycles. The maximum atomic E-state index is 5.77. The Labute approximate surface area is 103 Å². The lowest BCUT2D eigenvalue weighted by Gasteiger charge is -2.05. The summed E-state index contributed by atoms with van der Waals surface area (Å²) in [5.41, 5.74) is 5.96. The van der Waals surface area contributed by atoms with E-state index in [-0.39, 0.29) is 5.15 Å². The molecule has 82 valence electrons. The summed E-state index contributed by atoms with van der Waals surface area (Å²) in [5, 5.41) is 0.877. The normalized spacial score (nSPS) is 10.1. The molecular formula is C11H8Cl2N2O. The number of ether oxygens (including phenoxy) is 1. The molecule has 1 heterocycles. The molecule has 3 nitrogen and oxygen atoms in total. The van der Waals surface area contributed by atoms with E-state index in [1.54, 1.807) is 36.4 Å². The van der Waals surface area contributed by atoms with Crippen LogP contribution >= 0.6 is 23.2 Å². The van der Waals surface area contributed by atoms with Gasteiger partial charge in [-0.15, -0.1) is 0 Å². The third kappa shape index (κ3) is 2.56. The first-order chi connectivity index (χ1) is 7.65. The molecule has 0 radical (unpaired) electrons. The molecule has 5 heteroatoms. The maximum Gasteiger partial charge on any atom is 0.220 e. The Morgan fingerprint density at radius 3 is 2.31 bits per heavy atom. The van der Waals surface area contributed by atoms with Gasteiger partial charge in [0.25, 0.3) is 0 Å². The van der Waals surface area contributed by atoms with E-state index in [1.165, 1.54) is 0 Å². The molecule has 16 heavy (non-hydrogen) atoms. The van der Waals surface area contributed by atoms with E-state index in [9.17, 15) is 0 Å². The van der Waals surface area contributed by atoms with E-state index in [2.05, 4.69) is 4.98 Å². The van der Waals surface area contributed by atoms with Crippen molar-refractivity contribution in [2.75, 3.05) is 5.73 Å². The Hall–Kier alpha value is -1.45. The summed E-state index contributed by atoms with van der Waals surface area (Å²) >= 11 is 11.5. The van der Waals surface area contributed by atoms with Gasteiger partial charge < -0.3 is 10.5 Å². The minimum absolute atomic E-state index is 0.228. The fraction of sp³-hybridized carbons (Fsp3) is 0. The third-order valence-corrected chi connectivity index (χ3v) is 2.44. The van der Waals surface area contributed by atoms with Gasteiger partial charge in [0, 0.05) is 11.1 Å². The highest BCUT2D eigenvalue weighted by Crippen LogP contribution is 2.25. The van der Waals surface area contributed by atoms with Gasteiger partial charge in [-0.25, -0.2) is 0 Å². The van der Waals surface area contributed by atoms with Crippen LogP contribution in [0.4, 0.5) is 5.69 Å². The lowest BCUT2D eigenvalue weighted by atomic mass is 10.3. The number of aromatic nitrogens is 1. The minimum atomic E-state index is 0.228. The Morgan fingerprint density at radius 2 is 1.69 bits per heavy atom. The summed E-state index contributed by atoms with van der Waals surface area (Å²) in [6, 6.07) is 10.2. The topological polar surface area (TPSA) is 48.1 Å². The fourth-order valence-electron chi connectivity index (χ4n) is 1.11. The number of rotatable bonds is 2. The summed E-state index contributed by atoms with van der Waals surface area (Å²) in [4.78, 5) is 3.98. The zero-order valence-electron chi connectivity index (χ0n) is 8.15. The standard InChI is InChI=1S/C11H8Cl2N2O/c12-7-1-3-8(4-2-7)16-10-6-5-9(14)11(13)15-10/h1-6H,14H2. The van der Waals surface area contributed by atoms with Gasteiger partial charge >= 0.3 is 0 Å². The number of anilines is 1. The number of pyridine rings is 1. The number of benzene rings is 1. The Morgan fingerprint density at radius 1 is 1.00 bits per heavy atom. The summed E-state index contributed by atoms with van der Waals surface area (Å²) in [6.07, 6.45) is 0. The molecule has 0 atom stereocenters. The van der Waals surface area contributed by atoms with Crippen LogP contribution in [0.1, 0.15) is 0 Å². The van der Waals surface area contributed by atoms with E-state index in [0.29, 0.717) is 22.3 Å². The predicted octanol–water partition coefficient (Wildman–Crippen LogP) is 3.76. The fourth-order valence-corrected chi connectivity index (χ4v) is 1.38. The number of hydrogen-bond acceptors (Lipinski definition) is 3. The molecular weight excluding hydrogens is 247 g/mol. The van der Waals surface area contributed by atoms with E-state index in [1.807, 2.05) is 0 Å². The molecule has 2 N–H and O–H groups in total. The van der Waals surface area contributed by atoms with Crippen LogP contribution in [0.5, 0.6) is 11.6 Å².